The number of carbonyl (C=O) groups is 1. The van der Waals surface area contributed by atoms with Crippen LogP contribution >= 0.6 is 0 Å². The van der Waals surface area contributed by atoms with Crippen molar-refractivity contribution in [1.29, 1.82) is 0 Å². The number of nitrogens with one attached hydrogen (secondary N) is 1. The number of nitrogens with zero attached hydrogens (tertiary/aromatic N) is 4. The second-order valence-corrected chi connectivity index (χ2v) is 7.67. The van der Waals surface area contributed by atoms with E-state index in [0.29, 0.717) is 12.5 Å². The number of aryl methyl sites for hydroxylation is 1. The van der Waals surface area contributed by atoms with Gasteiger partial charge in [-0.15, -0.1) is 10.2 Å². The molecule has 0 radical (unpaired) electrons. The molecule has 1 fully saturated rings. The molecule has 2 aliphatic rings. The summed E-state index contributed by atoms with van der Waals surface area (Å²) in [7, 11) is 0. The first-order valence-electron chi connectivity index (χ1n) is 10.3. The number of carbonyl (C=O) groups excluding carboxylic acids is 1. The summed E-state index contributed by atoms with van der Waals surface area (Å²) in [6.07, 6.45) is 7.60. The average molecular weight is 367 g/mol. The van der Waals surface area contributed by atoms with E-state index in [1.54, 1.807) is 0 Å². The lowest BCUT2D eigenvalue weighted by Crippen LogP contribution is -2.44. The van der Waals surface area contributed by atoms with Crippen LogP contribution in [-0.2, 0) is 19.4 Å². The van der Waals surface area contributed by atoms with E-state index in [9.17, 15) is 4.79 Å². The van der Waals surface area contributed by atoms with Gasteiger partial charge in [-0.3, -0.25) is 0 Å². The lowest BCUT2D eigenvalue weighted by atomic mass is 9.96. The van der Waals surface area contributed by atoms with Gasteiger partial charge in [-0.05, 0) is 37.7 Å². The van der Waals surface area contributed by atoms with Crippen molar-refractivity contribution in [2.45, 2.75) is 57.4 Å². The van der Waals surface area contributed by atoms with Gasteiger partial charge in [-0.25, -0.2) is 4.79 Å². The van der Waals surface area contributed by atoms with E-state index in [1.165, 1.54) is 24.8 Å². The van der Waals surface area contributed by atoms with Gasteiger partial charge in [0.25, 0.3) is 0 Å². The third kappa shape index (κ3) is 4.31. The van der Waals surface area contributed by atoms with E-state index >= 15 is 0 Å². The normalized spacial score (nSPS) is 18.0. The number of hydrogen-bond donors (Lipinski definition) is 1. The van der Waals surface area contributed by atoms with Crippen LogP contribution in [0.3, 0.4) is 0 Å². The van der Waals surface area contributed by atoms with Crippen LogP contribution in [0.15, 0.2) is 30.3 Å². The molecule has 2 aromatic rings. The Labute approximate surface area is 161 Å². The van der Waals surface area contributed by atoms with Crippen molar-refractivity contribution in [2.75, 3.05) is 19.6 Å². The summed E-state index contributed by atoms with van der Waals surface area (Å²) in [5.74, 6) is 2.73. The molecule has 0 bridgehead atoms. The molecular formula is C21H29N5O. The fraction of sp³-hybridized carbons (Fsp3) is 0.571. The third-order valence-electron chi connectivity index (χ3n) is 5.82. The number of benzene rings is 1. The zero-order valence-electron chi connectivity index (χ0n) is 15.9. The standard InChI is InChI=1S/C21H29N5O/c27-21(22-13-10-17-7-3-1-4-8-17)25-15-11-18(12-16-25)20-24-23-19-9-5-2-6-14-26(19)20/h1,3-4,7-8,18H,2,5-6,9-16H2,(H,22,27). The van der Waals surface area contributed by atoms with Crippen LogP contribution in [0.5, 0.6) is 0 Å². The first kappa shape index (κ1) is 18.0. The van der Waals surface area contributed by atoms with Crippen LogP contribution in [0.1, 0.15) is 55.2 Å². The summed E-state index contributed by atoms with van der Waals surface area (Å²) in [5.41, 5.74) is 1.25. The maximum absolute atomic E-state index is 12.4. The van der Waals surface area contributed by atoms with Gasteiger partial charge in [0.15, 0.2) is 0 Å². The molecule has 144 valence electrons. The highest BCUT2D eigenvalue weighted by atomic mass is 16.2. The Kier molecular flexibility index (Phi) is 5.70. The minimum absolute atomic E-state index is 0.0597. The quantitative estimate of drug-likeness (QED) is 0.903. The maximum atomic E-state index is 12.4. The zero-order valence-corrected chi connectivity index (χ0v) is 15.9. The Balaban J connectivity index is 1.26. The minimum Gasteiger partial charge on any atom is -0.338 e. The molecule has 6 nitrogen and oxygen atoms in total. The fourth-order valence-corrected chi connectivity index (χ4v) is 4.22. The van der Waals surface area contributed by atoms with Crippen molar-refractivity contribution >= 4 is 6.03 Å². The van der Waals surface area contributed by atoms with Gasteiger partial charge in [-0.1, -0.05) is 36.8 Å². The number of aromatic nitrogens is 3. The first-order valence-corrected chi connectivity index (χ1v) is 10.3. The van der Waals surface area contributed by atoms with E-state index in [-0.39, 0.29) is 6.03 Å². The Morgan fingerprint density at radius 1 is 1.04 bits per heavy atom. The molecule has 6 heteroatoms. The highest BCUT2D eigenvalue weighted by Crippen LogP contribution is 2.28. The second kappa shape index (κ2) is 8.55. The molecule has 0 saturated carbocycles. The highest BCUT2D eigenvalue weighted by Gasteiger charge is 2.28. The monoisotopic (exact) mass is 367 g/mol. The number of hydrogen-bond acceptors (Lipinski definition) is 3. The lowest BCUT2D eigenvalue weighted by molar-refractivity contribution is 0.180. The van der Waals surface area contributed by atoms with E-state index in [2.05, 4.69) is 32.2 Å². The first-order chi connectivity index (χ1) is 13.3. The molecule has 0 atom stereocenters. The lowest BCUT2D eigenvalue weighted by Gasteiger charge is -2.31. The van der Waals surface area contributed by atoms with Crippen molar-refractivity contribution in [2.24, 2.45) is 0 Å². The van der Waals surface area contributed by atoms with Crippen LogP contribution in [0.25, 0.3) is 0 Å². The summed E-state index contributed by atoms with van der Waals surface area (Å²) < 4.78 is 2.35. The predicted octanol–water partition coefficient (Wildman–Crippen LogP) is 3.14. The van der Waals surface area contributed by atoms with Gasteiger partial charge >= 0.3 is 6.03 Å². The molecule has 3 heterocycles. The van der Waals surface area contributed by atoms with Crippen molar-refractivity contribution < 1.29 is 4.79 Å². The number of rotatable bonds is 4. The Hall–Kier alpha value is -2.37. The topological polar surface area (TPSA) is 63.1 Å². The van der Waals surface area contributed by atoms with Gasteiger partial charge in [0, 0.05) is 38.5 Å². The van der Waals surface area contributed by atoms with Crippen molar-refractivity contribution in [3.63, 3.8) is 0 Å². The SMILES string of the molecule is O=C(NCCc1ccccc1)N1CCC(c2nnc3n2CCCCC3)CC1. The molecule has 2 aliphatic heterocycles. The van der Waals surface area contributed by atoms with Crippen LogP contribution < -0.4 is 5.32 Å². The van der Waals surface area contributed by atoms with Gasteiger partial charge in [0.05, 0.1) is 0 Å². The summed E-state index contributed by atoms with van der Waals surface area (Å²) in [6, 6.07) is 10.3. The van der Waals surface area contributed by atoms with E-state index in [1.807, 2.05) is 23.1 Å². The largest absolute Gasteiger partial charge is 0.338 e. The predicted molar refractivity (Wildman–Crippen MR) is 105 cm³/mol. The van der Waals surface area contributed by atoms with Crippen molar-refractivity contribution in [1.82, 2.24) is 25.0 Å². The van der Waals surface area contributed by atoms with E-state index in [0.717, 1.165) is 57.0 Å². The molecule has 1 aromatic carbocycles. The minimum atomic E-state index is 0.0597. The number of fused-ring (bicyclic) bond motifs is 1. The Bertz CT molecular complexity index is 749. The van der Waals surface area contributed by atoms with Gasteiger partial charge in [0.1, 0.15) is 11.6 Å². The smallest absolute Gasteiger partial charge is 0.317 e. The van der Waals surface area contributed by atoms with E-state index in [4.69, 9.17) is 0 Å². The van der Waals surface area contributed by atoms with Crippen LogP contribution in [-0.4, -0.2) is 45.3 Å². The summed E-state index contributed by atoms with van der Waals surface area (Å²) in [5, 5.41) is 12.0. The van der Waals surface area contributed by atoms with Gasteiger partial charge in [0.2, 0.25) is 0 Å². The van der Waals surface area contributed by atoms with Crippen molar-refractivity contribution in [3.05, 3.63) is 47.5 Å². The zero-order chi connectivity index (χ0) is 18.5. The van der Waals surface area contributed by atoms with Crippen LogP contribution in [0.2, 0.25) is 0 Å². The molecule has 0 aliphatic carbocycles. The maximum Gasteiger partial charge on any atom is 0.317 e. The molecule has 1 N–H and O–H groups in total. The molecule has 0 unspecified atom stereocenters. The summed E-state index contributed by atoms with van der Waals surface area (Å²) >= 11 is 0. The summed E-state index contributed by atoms with van der Waals surface area (Å²) in [6.45, 7) is 3.33. The fourth-order valence-electron chi connectivity index (χ4n) is 4.22. The summed E-state index contributed by atoms with van der Waals surface area (Å²) in [4.78, 5) is 14.4. The molecule has 27 heavy (non-hydrogen) atoms. The second-order valence-electron chi connectivity index (χ2n) is 7.67. The van der Waals surface area contributed by atoms with E-state index < -0.39 is 0 Å². The molecule has 1 aromatic heterocycles. The van der Waals surface area contributed by atoms with Crippen molar-refractivity contribution in [3.8, 4) is 0 Å². The molecule has 2 amide bonds. The number of urea groups is 1. The van der Waals surface area contributed by atoms with Gasteiger partial charge in [-0.2, -0.15) is 0 Å². The molecular weight excluding hydrogens is 338 g/mol. The molecule has 4 rings (SSSR count). The number of amides is 2. The van der Waals surface area contributed by atoms with Gasteiger partial charge < -0.3 is 14.8 Å². The third-order valence-corrected chi connectivity index (χ3v) is 5.82. The highest BCUT2D eigenvalue weighted by molar-refractivity contribution is 5.74. The van der Waals surface area contributed by atoms with Crippen LogP contribution in [0, 0.1) is 0 Å². The molecule has 0 spiro atoms. The Morgan fingerprint density at radius 2 is 1.85 bits per heavy atom. The number of likely N-dealkylation sites (tertiary alicyclic amines) is 1. The van der Waals surface area contributed by atoms with Crippen LogP contribution in [0.4, 0.5) is 4.79 Å². The average Bonchev–Trinajstić information content (AvgIpc) is 2.97. The Morgan fingerprint density at radius 3 is 2.67 bits per heavy atom. The molecule has 1 saturated heterocycles. The number of piperidine rings is 1.